The van der Waals surface area contributed by atoms with Gasteiger partial charge in [-0.1, -0.05) is 6.92 Å². The quantitative estimate of drug-likeness (QED) is 0.681. The van der Waals surface area contributed by atoms with Gasteiger partial charge in [-0.2, -0.15) is 10.1 Å². The molecule has 2 rings (SSSR count). The standard InChI is InChI=1S/C10H15N7O/c1-2-7(17-5-3-4-13-17)9(18)12-6-8-14-10(11)16-15-8/h3-5,7H,2,6H2,1H3,(H,12,18)(H3,11,14,15,16)/t7-/m0/s1. The Balaban J connectivity index is 1.94. The van der Waals surface area contributed by atoms with Gasteiger partial charge in [0.2, 0.25) is 11.9 Å². The fourth-order valence-corrected chi connectivity index (χ4v) is 1.64. The van der Waals surface area contributed by atoms with Crippen molar-refractivity contribution < 1.29 is 4.79 Å². The largest absolute Gasteiger partial charge is 0.367 e. The van der Waals surface area contributed by atoms with Gasteiger partial charge in [-0.15, -0.1) is 5.10 Å². The first-order valence-corrected chi connectivity index (χ1v) is 5.64. The number of aromatic amines is 1. The van der Waals surface area contributed by atoms with E-state index >= 15 is 0 Å². The van der Waals surface area contributed by atoms with Gasteiger partial charge >= 0.3 is 0 Å². The summed E-state index contributed by atoms with van der Waals surface area (Å²) >= 11 is 0. The third kappa shape index (κ3) is 2.65. The summed E-state index contributed by atoms with van der Waals surface area (Å²) in [4.78, 5) is 15.9. The summed E-state index contributed by atoms with van der Waals surface area (Å²) in [7, 11) is 0. The molecule has 96 valence electrons. The van der Waals surface area contributed by atoms with Crippen LogP contribution in [-0.4, -0.2) is 30.9 Å². The Morgan fingerprint density at radius 2 is 2.50 bits per heavy atom. The first-order valence-electron chi connectivity index (χ1n) is 5.64. The number of amides is 1. The van der Waals surface area contributed by atoms with Crippen molar-refractivity contribution in [3.63, 3.8) is 0 Å². The maximum atomic E-state index is 12.0. The minimum Gasteiger partial charge on any atom is -0.367 e. The Morgan fingerprint density at radius 1 is 1.67 bits per heavy atom. The van der Waals surface area contributed by atoms with Crippen molar-refractivity contribution in [2.24, 2.45) is 0 Å². The highest BCUT2D eigenvalue weighted by Gasteiger charge is 2.18. The minimum atomic E-state index is -0.319. The van der Waals surface area contributed by atoms with Crippen LogP contribution in [0.5, 0.6) is 0 Å². The fourth-order valence-electron chi connectivity index (χ4n) is 1.64. The number of nitrogens with zero attached hydrogens (tertiary/aromatic N) is 4. The van der Waals surface area contributed by atoms with E-state index in [0.29, 0.717) is 12.2 Å². The number of carbonyl (C=O) groups excluding carboxylic acids is 1. The molecule has 2 heterocycles. The molecule has 0 aliphatic carbocycles. The summed E-state index contributed by atoms with van der Waals surface area (Å²) in [5.74, 6) is 0.575. The van der Waals surface area contributed by atoms with Crippen LogP contribution in [0.15, 0.2) is 18.5 Å². The second kappa shape index (κ2) is 5.30. The van der Waals surface area contributed by atoms with Crippen LogP contribution < -0.4 is 11.1 Å². The van der Waals surface area contributed by atoms with Gasteiger partial charge in [-0.25, -0.2) is 0 Å². The molecule has 0 spiro atoms. The molecular weight excluding hydrogens is 234 g/mol. The number of hydrogen-bond acceptors (Lipinski definition) is 5. The van der Waals surface area contributed by atoms with Gasteiger partial charge in [0.05, 0.1) is 6.54 Å². The molecule has 0 aliphatic rings. The zero-order valence-electron chi connectivity index (χ0n) is 10.00. The van der Waals surface area contributed by atoms with Crippen LogP contribution in [0.1, 0.15) is 25.2 Å². The SMILES string of the molecule is CC[C@@H](C(=O)NCc1nc(N)n[nH]1)n1cccn1. The molecule has 0 fully saturated rings. The van der Waals surface area contributed by atoms with E-state index < -0.39 is 0 Å². The van der Waals surface area contributed by atoms with E-state index in [1.807, 2.05) is 6.92 Å². The highest BCUT2D eigenvalue weighted by molar-refractivity contribution is 5.79. The third-order valence-corrected chi connectivity index (χ3v) is 2.51. The second-order valence-corrected chi connectivity index (χ2v) is 3.77. The Labute approximate surface area is 104 Å². The number of rotatable bonds is 5. The second-order valence-electron chi connectivity index (χ2n) is 3.77. The average Bonchev–Trinajstić information content (AvgIpc) is 2.99. The lowest BCUT2D eigenvalue weighted by Gasteiger charge is -2.14. The van der Waals surface area contributed by atoms with Crippen LogP contribution in [0.2, 0.25) is 0 Å². The van der Waals surface area contributed by atoms with Crippen LogP contribution in [0.25, 0.3) is 0 Å². The number of nitrogen functional groups attached to an aromatic ring is 1. The molecule has 2 aromatic rings. The summed E-state index contributed by atoms with van der Waals surface area (Å²) in [6.45, 7) is 2.19. The molecule has 0 bridgehead atoms. The Hall–Kier alpha value is -2.38. The zero-order valence-corrected chi connectivity index (χ0v) is 10.00. The van der Waals surface area contributed by atoms with Gasteiger partial charge in [0, 0.05) is 12.4 Å². The van der Waals surface area contributed by atoms with Gasteiger partial charge in [0.25, 0.3) is 0 Å². The van der Waals surface area contributed by atoms with Crippen molar-refractivity contribution in [2.75, 3.05) is 5.73 Å². The molecule has 0 saturated carbocycles. The molecule has 8 heteroatoms. The van der Waals surface area contributed by atoms with E-state index in [1.54, 1.807) is 23.1 Å². The molecule has 1 amide bonds. The fraction of sp³-hybridized carbons (Fsp3) is 0.400. The lowest BCUT2D eigenvalue weighted by Crippen LogP contribution is -2.32. The summed E-state index contributed by atoms with van der Waals surface area (Å²) in [5.41, 5.74) is 5.37. The molecule has 0 saturated heterocycles. The van der Waals surface area contributed by atoms with E-state index in [-0.39, 0.29) is 24.4 Å². The molecule has 0 aliphatic heterocycles. The molecular formula is C10H15N7O. The number of carbonyl (C=O) groups is 1. The number of hydrogen-bond donors (Lipinski definition) is 3. The lowest BCUT2D eigenvalue weighted by molar-refractivity contribution is -0.124. The maximum Gasteiger partial charge on any atom is 0.245 e. The predicted octanol–water partition coefficient (Wildman–Crippen LogP) is -0.149. The van der Waals surface area contributed by atoms with Crippen LogP contribution in [0.3, 0.4) is 0 Å². The van der Waals surface area contributed by atoms with E-state index in [0.717, 1.165) is 0 Å². The van der Waals surface area contributed by atoms with Crippen molar-refractivity contribution in [1.82, 2.24) is 30.3 Å². The van der Waals surface area contributed by atoms with Crippen molar-refractivity contribution in [2.45, 2.75) is 25.9 Å². The van der Waals surface area contributed by atoms with Gasteiger partial charge in [-0.3, -0.25) is 14.6 Å². The van der Waals surface area contributed by atoms with Crippen molar-refractivity contribution in [3.05, 3.63) is 24.3 Å². The highest BCUT2D eigenvalue weighted by Crippen LogP contribution is 2.09. The van der Waals surface area contributed by atoms with E-state index in [1.165, 1.54) is 0 Å². The first kappa shape index (κ1) is 12.1. The summed E-state index contributed by atoms with van der Waals surface area (Å²) < 4.78 is 1.63. The average molecular weight is 249 g/mol. The minimum absolute atomic E-state index is 0.115. The number of nitrogens with two attached hydrogens (primary N) is 1. The molecule has 18 heavy (non-hydrogen) atoms. The van der Waals surface area contributed by atoms with E-state index in [4.69, 9.17) is 5.73 Å². The smallest absolute Gasteiger partial charge is 0.245 e. The topological polar surface area (TPSA) is 115 Å². The summed E-state index contributed by atoms with van der Waals surface area (Å²) in [5, 5.41) is 13.1. The molecule has 8 nitrogen and oxygen atoms in total. The maximum absolute atomic E-state index is 12.0. The number of anilines is 1. The van der Waals surface area contributed by atoms with Gasteiger partial charge < -0.3 is 11.1 Å². The van der Waals surface area contributed by atoms with Crippen LogP contribution in [-0.2, 0) is 11.3 Å². The summed E-state index contributed by atoms with van der Waals surface area (Å²) in [6, 6.07) is 1.47. The van der Waals surface area contributed by atoms with Crippen molar-refractivity contribution >= 4 is 11.9 Å². The molecule has 0 radical (unpaired) electrons. The Bertz CT molecular complexity index is 504. The van der Waals surface area contributed by atoms with Crippen molar-refractivity contribution in [3.8, 4) is 0 Å². The van der Waals surface area contributed by atoms with Crippen LogP contribution in [0, 0.1) is 0 Å². The Morgan fingerprint density at radius 3 is 3.06 bits per heavy atom. The van der Waals surface area contributed by atoms with Gasteiger partial charge in [-0.05, 0) is 12.5 Å². The van der Waals surface area contributed by atoms with Gasteiger partial charge in [0.15, 0.2) is 0 Å². The molecule has 0 unspecified atom stereocenters. The number of aromatic nitrogens is 5. The number of nitrogens with one attached hydrogen (secondary N) is 2. The zero-order chi connectivity index (χ0) is 13.0. The van der Waals surface area contributed by atoms with E-state index in [2.05, 4.69) is 25.6 Å². The lowest BCUT2D eigenvalue weighted by atomic mass is 10.2. The summed E-state index contributed by atoms with van der Waals surface area (Å²) in [6.07, 6.45) is 4.07. The highest BCUT2D eigenvalue weighted by atomic mass is 16.2. The first-order chi connectivity index (χ1) is 8.70. The van der Waals surface area contributed by atoms with Crippen LogP contribution >= 0.6 is 0 Å². The number of H-pyrrole nitrogens is 1. The van der Waals surface area contributed by atoms with Crippen molar-refractivity contribution in [1.29, 1.82) is 0 Å². The predicted molar refractivity (Wildman–Crippen MR) is 64.2 cm³/mol. The van der Waals surface area contributed by atoms with E-state index in [9.17, 15) is 4.79 Å². The molecule has 0 aromatic carbocycles. The molecule has 1 atom stereocenters. The molecule has 4 N–H and O–H groups in total. The third-order valence-electron chi connectivity index (χ3n) is 2.51. The Kier molecular flexibility index (Phi) is 3.56. The monoisotopic (exact) mass is 249 g/mol. The van der Waals surface area contributed by atoms with Crippen LogP contribution in [0.4, 0.5) is 5.95 Å². The normalized spacial score (nSPS) is 12.3. The van der Waals surface area contributed by atoms with Gasteiger partial charge in [0.1, 0.15) is 11.9 Å². The molecule has 2 aromatic heterocycles.